The summed E-state index contributed by atoms with van der Waals surface area (Å²) in [5.74, 6) is 1.70. The fraction of sp³-hybridized carbons (Fsp3) is 0.286. The number of hydrogen-bond donors (Lipinski definition) is 2. The molecule has 1 aliphatic heterocycles. The highest BCUT2D eigenvalue weighted by atomic mass is 16.5. The average Bonchev–Trinajstić information content (AvgIpc) is 2.90. The molecule has 0 fully saturated rings. The summed E-state index contributed by atoms with van der Waals surface area (Å²) in [6, 6.07) is 7.54. The second-order valence-electron chi connectivity index (χ2n) is 4.57. The van der Waals surface area contributed by atoms with Crippen LogP contribution in [0.25, 0.3) is 0 Å². The second kappa shape index (κ2) is 5.24. The molecule has 1 unspecified atom stereocenters. The van der Waals surface area contributed by atoms with Gasteiger partial charge >= 0.3 is 0 Å². The van der Waals surface area contributed by atoms with Gasteiger partial charge in [-0.3, -0.25) is 4.79 Å². The highest BCUT2D eigenvalue weighted by Crippen LogP contribution is 2.28. The van der Waals surface area contributed by atoms with Gasteiger partial charge in [-0.25, -0.2) is 4.98 Å². The molecule has 0 saturated carbocycles. The number of amides is 1. The largest absolute Gasteiger partial charge is 0.477 e. The van der Waals surface area contributed by atoms with Gasteiger partial charge in [-0.15, -0.1) is 0 Å². The van der Waals surface area contributed by atoms with E-state index in [1.165, 1.54) is 0 Å². The lowest BCUT2D eigenvalue weighted by atomic mass is 10.2. The first-order valence-electron chi connectivity index (χ1n) is 6.41. The van der Waals surface area contributed by atoms with E-state index < -0.39 is 6.10 Å². The van der Waals surface area contributed by atoms with Crippen molar-refractivity contribution in [1.29, 1.82) is 0 Å². The summed E-state index contributed by atoms with van der Waals surface area (Å²) in [6.07, 6.45) is 1.07. The Morgan fingerprint density at radius 1 is 1.50 bits per heavy atom. The van der Waals surface area contributed by atoms with Crippen LogP contribution < -0.4 is 15.4 Å². The number of anilines is 1. The van der Waals surface area contributed by atoms with Crippen LogP contribution in [0, 0.1) is 6.92 Å². The predicted octanol–water partition coefficient (Wildman–Crippen LogP) is 1.47. The number of ether oxygens (including phenoxy) is 1. The van der Waals surface area contributed by atoms with E-state index in [1.54, 1.807) is 6.20 Å². The molecule has 0 aliphatic carbocycles. The maximum atomic E-state index is 12.0. The molecular weight excluding hydrogens is 258 g/mol. The first-order valence-corrected chi connectivity index (χ1v) is 6.41. The van der Waals surface area contributed by atoms with E-state index in [4.69, 9.17) is 9.15 Å². The molecular formula is C14H15N3O3. The summed E-state index contributed by atoms with van der Waals surface area (Å²) in [4.78, 5) is 16.1. The van der Waals surface area contributed by atoms with Crippen LogP contribution in [0.4, 0.5) is 5.69 Å². The fourth-order valence-corrected chi connectivity index (χ4v) is 2.02. The van der Waals surface area contributed by atoms with Crippen molar-refractivity contribution in [3.05, 3.63) is 42.1 Å². The second-order valence-corrected chi connectivity index (χ2v) is 4.57. The Hall–Kier alpha value is -2.50. The number of hydrogen-bond acceptors (Lipinski definition) is 5. The number of para-hydroxylation sites is 2. The summed E-state index contributed by atoms with van der Waals surface area (Å²) in [7, 11) is 0. The third-order valence-electron chi connectivity index (χ3n) is 3.01. The molecule has 6 nitrogen and oxygen atoms in total. The molecule has 0 bridgehead atoms. The molecule has 1 aromatic heterocycles. The number of nitrogens with one attached hydrogen (secondary N) is 2. The molecule has 1 amide bonds. The smallest absolute Gasteiger partial charge is 0.263 e. The zero-order chi connectivity index (χ0) is 13.9. The van der Waals surface area contributed by atoms with E-state index in [-0.39, 0.29) is 12.5 Å². The van der Waals surface area contributed by atoms with Crippen molar-refractivity contribution in [2.45, 2.75) is 19.6 Å². The highest BCUT2D eigenvalue weighted by molar-refractivity contribution is 5.82. The molecule has 20 heavy (non-hydrogen) atoms. The maximum Gasteiger partial charge on any atom is 0.263 e. The van der Waals surface area contributed by atoms with Crippen LogP contribution in [0.2, 0.25) is 0 Å². The molecule has 104 valence electrons. The zero-order valence-corrected chi connectivity index (χ0v) is 11.1. The van der Waals surface area contributed by atoms with Crippen LogP contribution in [0.1, 0.15) is 11.7 Å². The first-order chi connectivity index (χ1) is 9.72. The number of rotatable bonds is 3. The van der Waals surface area contributed by atoms with Crippen LogP contribution in [-0.4, -0.2) is 23.5 Å². The molecule has 2 N–H and O–H groups in total. The van der Waals surface area contributed by atoms with Crippen LogP contribution in [0.3, 0.4) is 0 Å². The summed E-state index contributed by atoms with van der Waals surface area (Å²) >= 11 is 0. The Morgan fingerprint density at radius 2 is 2.35 bits per heavy atom. The van der Waals surface area contributed by atoms with Crippen LogP contribution >= 0.6 is 0 Å². The van der Waals surface area contributed by atoms with Crippen molar-refractivity contribution >= 4 is 11.6 Å². The van der Waals surface area contributed by atoms with Crippen LogP contribution in [0.5, 0.6) is 5.75 Å². The summed E-state index contributed by atoms with van der Waals surface area (Å²) in [5.41, 5.74) is 0.903. The molecule has 3 rings (SSSR count). The number of carbonyl (C=O) groups is 1. The van der Waals surface area contributed by atoms with E-state index in [1.807, 2.05) is 31.2 Å². The van der Waals surface area contributed by atoms with Crippen LogP contribution in [-0.2, 0) is 11.3 Å². The summed E-state index contributed by atoms with van der Waals surface area (Å²) in [6.45, 7) is 2.51. The average molecular weight is 273 g/mol. The number of aryl methyl sites for hydroxylation is 1. The van der Waals surface area contributed by atoms with Crippen molar-refractivity contribution in [1.82, 2.24) is 10.3 Å². The van der Waals surface area contributed by atoms with Crippen molar-refractivity contribution in [2.24, 2.45) is 0 Å². The van der Waals surface area contributed by atoms with Crippen molar-refractivity contribution in [2.75, 3.05) is 11.9 Å². The molecule has 1 aliphatic rings. The molecule has 2 heterocycles. The number of nitrogens with zero attached hydrogens (tertiary/aromatic N) is 1. The van der Waals surface area contributed by atoms with Gasteiger partial charge in [-0.2, -0.15) is 0 Å². The van der Waals surface area contributed by atoms with Gasteiger partial charge in [0, 0.05) is 0 Å². The molecule has 6 heteroatoms. The van der Waals surface area contributed by atoms with E-state index in [2.05, 4.69) is 15.6 Å². The van der Waals surface area contributed by atoms with E-state index in [0.29, 0.717) is 18.2 Å². The van der Waals surface area contributed by atoms with Gasteiger partial charge in [0.2, 0.25) is 5.89 Å². The minimum absolute atomic E-state index is 0.192. The number of oxazole rings is 1. The number of fused-ring (bicyclic) bond motifs is 1. The molecule has 2 aromatic rings. The third kappa shape index (κ3) is 2.59. The topological polar surface area (TPSA) is 76.4 Å². The quantitative estimate of drug-likeness (QED) is 0.885. The number of aromatic nitrogens is 1. The van der Waals surface area contributed by atoms with Gasteiger partial charge in [0.1, 0.15) is 11.5 Å². The Balaban J connectivity index is 1.59. The molecule has 1 aromatic carbocycles. The minimum Gasteiger partial charge on any atom is -0.477 e. The Labute approximate surface area is 116 Å². The van der Waals surface area contributed by atoms with E-state index >= 15 is 0 Å². The van der Waals surface area contributed by atoms with Crippen molar-refractivity contribution in [3.8, 4) is 5.75 Å². The van der Waals surface area contributed by atoms with Crippen molar-refractivity contribution < 1.29 is 13.9 Å². The summed E-state index contributed by atoms with van der Waals surface area (Å²) < 4.78 is 11.0. The fourth-order valence-electron chi connectivity index (χ4n) is 2.02. The maximum absolute atomic E-state index is 12.0. The number of benzene rings is 1. The molecule has 0 saturated heterocycles. The molecule has 0 radical (unpaired) electrons. The van der Waals surface area contributed by atoms with E-state index in [0.717, 1.165) is 11.4 Å². The normalized spacial score (nSPS) is 16.8. The highest BCUT2D eigenvalue weighted by Gasteiger charge is 2.25. The van der Waals surface area contributed by atoms with Gasteiger partial charge in [0.15, 0.2) is 6.10 Å². The summed E-state index contributed by atoms with van der Waals surface area (Å²) in [5, 5.41) is 5.92. The lowest BCUT2D eigenvalue weighted by Gasteiger charge is -2.26. The van der Waals surface area contributed by atoms with Gasteiger partial charge in [0.25, 0.3) is 5.91 Å². The Bertz CT molecular complexity index is 624. The van der Waals surface area contributed by atoms with Gasteiger partial charge in [0.05, 0.1) is 25.0 Å². The first kappa shape index (κ1) is 12.5. The van der Waals surface area contributed by atoms with Crippen molar-refractivity contribution in [3.63, 3.8) is 0 Å². The minimum atomic E-state index is -0.555. The van der Waals surface area contributed by atoms with Gasteiger partial charge in [-0.1, -0.05) is 12.1 Å². The zero-order valence-electron chi connectivity index (χ0n) is 11.1. The Morgan fingerprint density at radius 3 is 3.15 bits per heavy atom. The molecule has 1 atom stereocenters. The van der Waals surface area contributed by atoms with Gasteiger partial charge < -0.3 is 19.8 Å². The Kier molecular flexibility index (Phi) is 3.28. The van der Waals surface area contributed by atoms with E-state index in [9.17, 15) is 4.79 Å². The molecule has 0 spiro atoms. The standard InChI is InChI=1S/C14H15N3O3/c1-9-6-16-13(19-9)8-17-14(18)12-7-15-10-4-2-3-5-11(10)20-12/h2-6,12,15H,7-8H2,1H3,(H,17,18). The monoisotopic (exact) mass is 273 g/mol. The lowest BCUT2D eigenvalue weighted by Crippen LogP contribution is -2.44. The van der Waals surface area contributed by atoms with Crippen LogP contribution in [0.15, 0.2) is 34.9 Å². The third-order valence-corrected chi connectivity index (χ3v) is 3.01. The predicted molar refractivity (Wildman–Crippen MR) is 72.4 cm³/mol. The SMILES string of the molecule is Cc1cnc(CNC(=O)C2CNc3ccccc3O2)o1. The van der Waals surface area contributed by atoms with Gasteiger partial charge in [-0.05, 0) is 19.1 Å². The lowest BCUT2D eigenvalue weighted by molar-refractivity contribution is -0.127. The number of carbonyl (C=O) groups excluding carboxylic acids is 1.